The number of carbonyl (C=O) groups excluding carboxylic acids is 1. The van der Waals surface area contributed by atoms with Crippen molar-refractivity contribution in [2.75, 3.05) is 7.11 Å². The predicted octanol–water partition coefficient (Wildman–Crippen LogP) is 4.41. The summed E-state index contributed by atoms with van der Waals surface area (Å²) in [6, 6.07) is 6.56. The number of rotatable bonds is 8. The van der Waals surface area contributed by atoms with Crippen LogP contribution in [0, 0.1) is 0 Å². The van der Waals surface area contributed by atoms with Gasteiger partial charge in [-0.15, -0.1) is 10.2 Å². The number of thioether (sulfide) groups is 2. The van der Waals surface area contributed by atoms with Gasteiger partial charge in [-0.1, -0.05) is 36.5 Å². The first-order valence-corrected chi connectivity index (χ1v) is 11.0. The van der Waals surface area contributed by atoms with Gasteiger partial charge in [0.05, 0.1) is 24.1 Å². The molecule has 164 valence electrons. The number of benzene rings is 1. The van der Waals surface area contributed by atoms with Crippen LogP contribution in [0.2, 0.25) is 0 Å². The van der Waals surface area contributed by atoms with Crippen LogP contribution in [0.1, 0.15) is 24.7 Å². The first-order valence-electron chi connectivity index (χ1n) is 9.09. The molecular formula is C19H18F3N5O2S2. The number of carbonyl (C=O) groups is 1. The quantitative estimate of drug-likeness (QED) is 0.273. The van der Waals surface area contributed by atoms with Crippen LogP contribution >= 0.6 is 23.5 Å². The van der Waals surface area contributed by atoms with Gasteiger partial charge in [0.15, 0.2) is 10.3 Å². The molecule has 0 spiro atoms. The van der Waals surface area contributed by atoms with Crippen molar-refractivity contribution in [2.45, 2.75) is 40.8 Å². The Morgan fingerprint density at radius 2 is 1.94 bits per heavy atom. The van der Waals surface area contributed by atoms with Crippen LogP contribution in [0.15, 0.2) is 53.0 Å². The number of alkyl halides is 3. The van der Waals surface area contributed by atoms with Crippen LogP contribution < -0.4 is 0 Å². The first kappa shape index (κ1) is 23.1. The first-order chi connectivity index (χ1) is 14.8. The molecule has 0 N–H and O–H groups in total. The molecule has 0 aliphatic heterocycles. The fourth-order valence-corrected chi connectivity index (χ4v) is 4.33. The smallest absolute Gasteiger partial charge is 0.416 e. The van der Waals surface area contributed by atoms with Crippen LogP contribution in [0.3, 0.4) is 0 Å². The van der Waals surface area contributed by atoms with Crippen molar-refractivity contribution < 1.29 is 22.7 Å². The Morgan fingerprint density at radius 1 is 1.19 bits per heavy atom. The second-order valence-corrected chi connectivity index (χ2v) is 8.25. The molecule has 0 bridgehead atoms. The molecule has 3 aromatic rings. The summed E-state index contributed by atoms with van der Waals surface area (Å²) in [5.41, 5.74) is -0.550. The lowest BCUT2D eigenvalue weighted by atomic mass is 10.2. The number of esters is 1. The summed E-state index contributed by atoms with van der Waals surface area (Å²) in [6.45, 7) is 1.81. The van der Waals surface area contributed by atoms with Crippen molar-refractivity contribution >= 4 is 29.5 Å². The maximum absolute atomic E-state index is 13.3. The molecule has 1 atom stereocenters. The Balaban J connectivity index is 2.00. The zero-order valence-corrected chi connectivity index (χ0v) is 18.2. The third-order valence-electron chi connectivity index (χ3n) is 4.09. The zero-order valence-electron chi connectivity index (χ0n) is 16.5. The molecular weight excluding hydrogens is 451 g/mol. The number of methoxy groups -OCH3 is 1. The maximum Gasteiger partial charge on any atom is 0.416 e. The highest BCUT2D eigenvalue weighted by atomic mass is 32.2. The van der Waals surface area contributed by atoms with Gasteiger partial charge in [-0.05, 0) is 30.7 Å². The van der Waals surface area contributed by atoms with Gasteiger partial charge in [0.2, 0.25) is 0 Å². The Bertz CT molecular complexity index is 1030. The molecule has 12 heteroatoms. The molecule has 0 radical (unpaired) electrons. The maximum atomic E-state index is 13.3. The van der Waals surface area contributed by atoms with Gasteiger partial charge in [0, 0.05) is 12.4 Å². The second kappa shape index (κ2) is 10.1. The van der Waals surface area contributed by atoms with Crippen molar-refractivity contribution in [1.29, 1.82) is 0 Å². The minimum atomic E-state index is -4.50. The molecule has 0 saturated heterocycles. The Labute approximate surface area is 184 Å². The van der Waals surface area contributed by atoms with E-state index >= 15 is 0 Å². The van der Waals surface area contributed by atoms with E-state index in [1.807, 2.05) is 6.92 Å². The highest BCUT2D eigenvalue weighted by molar-refractivity contribution is 8.00. The van der Waals surface area contributed by atoms with Crippen molar-refractivity contribution in [3.05, 3.63) is 54.1 Å². The van der Waals surface area contributed by atoms with E-state index in [1.165, 1.54) is 35.6 Å². The topological polar surface area (TPSA) is 82.8 Å². The molecule has 0 aliphatic carbocycles. The number of aromatic nitrogens is 5. The Hall–Kier alpha value is -2.60. The number of nitrogens with zero attached hydrogens (tertiary/aromatic N) is 5. The lowest BCUT2D eigenvalue weighted by molar-refractivity contribution is -0.140. The van der Waals surface area contributed by atoms with Gasteiger partial charge in [-0.25, -0.2) is 9.97 Å². The summed E-state index contributed by atoms with van der Waals surface area (Å²) in [4.78, 5) is 20.3. The summed E-state index contributed by atoms with van der Waals surface area (Å²) >= 11 is 2.36. The van der Waals surface area contributed by atoms with Crippen LogP contribution in [0.4, 0.5) is 13.2 Å². The normalized spacial score (nSPS) is 12.5. The van der Waals surface area contributed by atoms with Gasteiger partial charge in [-0.2, -0.15) is 13.2 Å². The number of hydrogen-bond acceptors (Lipinski definition) is 8. The largest absolute Gasteiger partial charge is 0.468 e. The average molecular weight is 470 g/mol. The molecule has 0 amide bonds. The van der Waals surface area contributed by atoms with E-state index in [4.69, 9.17) is 4.74 Å². The van der Waals surface area contributed by atoms with E-state index < -0.39 is 23.0 Å². The zero-order chi connectivity index (χ0) is 22.4. The van der Waals surface area contributed by atoms with Gasteiger partial charge >= 0.3 is 12.1 Å². The summed E-state index contributed by atoms with van der Waals surface area (Å²) in [5.74, 6) is 0.224. The van der Waals surface area contributed by atoms with Crippen molar-refractivity contribution in [3.8, 4) is 5.69 Å². The molecule has 2 aromatic heterocycles. The average Bonchev–Trinajstić information content (AvgIpc) is 3.18. The molecule has 0 saturated carbocycles. The molecule has 0 aliphatic rings. The third kappa shape index (κ3) is 5.76. The van der Waals surface area contributed by atoms with Crippen molar-refractivity contribution in [1.82, 2.24) is 24.7 Å². The van der Waals surface area contributed by atoms with Crippen LogP contribution in [-0.4, -0.2) is 43.1 Å². The standard InChI is InChI=1S/C19H18F3N5O2S2/c1-3-14(16(28)29-2)31-18-26-25-15(11-30-17-23-8-5-9-24-17)27(18)13-7-4-6-12(10-13)19(20,21)22/h4-10,14H,3,11H2,1-2H3. The lowest BCUT2D eigenvalue weighted by Crippen LogP contribution is -2.18. The molecule has 31 heavy (non-hydrogen) atoms. The molecule has 3 rings (SSSR count). The molecule has 1 aromatic carbocycles. The fourth-order valence-electron chi connectivity index (χ4n) is 2.60. The summed E-state index contributed by atoms with van der Waals surface area (Å²) in [6.07, 6.45) is -0.858. The molecule has 1 unspecified atom stereocenters. The molecule has 7 nitrogen and oxygen atoms in total. The van der Waals surface area contributed by atoms with E-state index in [2.05, 4.69) is 20.2 Å². The fraction of sp³-hybridized carbons (Fsp3) is 0.316. The highest BCUT2D eigenvalue weighted by Crippen LogP contribution is 2.33. The number of hydrogen-bond donors (Lipinski definition) is 0. The third-order valence-corrected chi connectivity index (χ3v) is 6.24. The van der Waals surface area contributed by atoms with Crippen molar-refractivity contribution in [3.63, 3.8) is 0 Å². The summed E-state index contributed by atoms with van der Waals surface area (Å²) in [7, 11) is 1.28. The number of ether oxygens (including phenoxy) is 1. The van der Waals surface area contributed by atoms with Crippen LogP contribution in [-0.2, 0) is 21.5 Å². The van der Waals surface area contributed by atoms with E-state index in [0.717, 1.165) is 23.9 Å². The van der Waals surface area contributed by atoms with E-state index in [0.29, 0.717) is 22.6 Å². The monoisotopic (exact) mass is 469 g/mol. The Kier molecular flexibility index (Phi) is 7.55. The summed E-state index contributed by atoms with van der Waals surface area (Å²) < 4.78 is 46.1. The second-order valence-electron chi connectivity index (χ2n) is 6.14. The van der Waals surface area contributed by atoms with Crippen LogP contribution in [0.5, 0.6) is 0 Å². The van der Waals surface area contributed by atoms with Gasteiger partial charge in [-0.3, -0.25) is 9.36 Å². The SMILES string of the molecule is CCC(Sc1nnc(CSc2ncccn2)n1-c1cccc(C(F)(F)F)c1)C(=O)OC. The predicted molar refractivity (Wildman–Crippen MR) is 110 cm³/mol. The molecule has 0 fully saturated rings. The van der Waals surface area contributed by atoms with Crippen molar-refractivity contribution in [2.24, 2.45) is 0 Å². The highest BCUT2D eigenvalue weighted by Gasteiger charge is 2.31. The van der Waals surface area contributed by atoms with E-state index in [-0.39, 0.29) is 11.4 Å². The van der Waals surface area contributed by atoms with Gasteiger partial charge in [0.25, 0.3) is 0 Å². The van der Waals surface area contributed by atoms with Gasteiger partial charge < -0.3 is 4.74 Å². The number of halogens is 3. The summed E-state index contributed by atoms with van der Waals surface area (Å²) in [5, 5.41) is 8.50. The van der Waals surface area contributed by atoms with E-state index in [1.54, 1.807) is 18.5 Å². The van der Waals surface area contributed by atoms with Crippen LogP contribution in [0.25, 0.3) is 5.69 Å². The minimum absolute atomic E-state index is 0.242. The lowest BCUT2D eigenvalue weighted by Gasteiger charge is -2.15. The molecule has 2 heterocycles. The minimum Gasteiger partial charge on any atom is -0.468 e. The van der Waals surface area contributed by atoms with E-state index in [9.17, 15) is 18.0 Å². The van der Waals surface area contributed by atoms with Gasteiger partial charge in [0.1, 0.15) is 11.1 Å². The Morgan fingerprint density at radius 3 is 2.58 bits per heavy atom.